The van der Waals surface area contributed by atoms with Crippen molar-refractivity contribution in [1.82, 2.24) is 4.67 Å². The minimum absolute atomic E-state index is 0.244. The number of nitro groups is 1. The number of benzene rings is 1. The predicted octanol–water partition coefficient (Wildman–Crippen LogP) is 3.18. The topological polar surface area (TPSA) is 55.6 Å². The van der Waals surface area contributed by atoms with Gasteiger partial charge in [-0.05, 0) is 38.5 Å². The molecule has 1 unspecified atom stereocenters. The first-order valence-electron chi connectivity index (χ1n) is 7.57. The Morgan fingerprint density at radius 1 is 1.27 bits per heavy atom. The van der Waals surface area contributed by atoms with E-state index in [0.29, 0.717) is 0 Å². The molecule has 0 amide bonds. The van der Waals surface area contributed by atoms with Crippen LogP contribution in [0.4, 0.5) is 0 Å². The van der Waals surface area contributed by atoms with Crippen LogP contribution in [0.5, 0.6) is 0 Å². The molecular formula is C15H23N2O3PS. The molecule has 1 atom stereocenters. The fourth-order valence-corrected chi connectivity index (χ4v) is 6.80. The third kappa shape index (κ3) is 4.35. The molecule has 2 rings (SSSR count). The Labute approximate surface area is 136 Å². The lowest BCUT2D eigenvalue weighted by Crippen LogP contribution is -2.39. The van der Waals surface area contributed by atoms with Crippen molar-refractivity contribution in [2.75, 3.05) is 19.6 Å². The van der Waals surface area contributed by atoms with E-state index in [1.807, 2.05) is 30.3 Å². The maximum Gasteiger partial charge on any atom is 0.232 e. The quantitative estimate of drug-likeness (QED) is 0.451. The van der Waals surface area contributed by atoms with Gasteiger partial charge < -0.3 is 4.52 Å². The van der Waals surface area contributed by atoms with Crippen LogP contribution in [0.1, 0.15) is 33.1 Å². The van der Waals surface area contributed by atoms with Crippen LogP contribution in [0, 0.1) is 10.1 Å². The summed E-state index contributed by atoms with van der Waals surface area (Å²) in [4.78, 5) is 10.6. The molecular weight excluding hydrogens is 319 g/mol. The summed E-state index contributed by atoms with van der Waals surface area (Å²) in [6.07, 6.45) is 0.947. The van der Waals surface area contributed by atoms with E-state index in [1.165, 1.54) is 6.42 Å². The third-order valence-corrected chi connectivity index (χ3v) is 8.05. The Morgan fingerprint density at radius 3 is 2.41 bits per heavy atom. The van der Waals surface area contributed by atoms with Gasteiger partial charge in [-0.15, -0.1) is 0 Å². The SMILES string of the molecule is CC(C)(C[N+](=O)[O-])OP(=S)(c1ccccc1)N1CCCCC1. The zero-order valence-electron chi connectivity index (χ0n) is 13.1. The number of rotatable bonds is 6. The van der Waals surface area contributed by atoms with Crippen LogP contribution in [0.3, 0.4) is 0 Å². The highest BCUT2D eigenvalue weighted by Gasteiger charge is 2.38. The monoisotopic (exact) mass is 342 g/mol. The molecule has 1 aliphatic heterocycles. The van der Waals surface area contributed by atoms with Crippen LogP contribution in [0.15, 0.2) is 30.3 Å². The lowest BCUT2D eigenvalue weighted by atomic mass is 10.1. The summed E-state index contributed by atoms with van der Waals surface area (Å²) < 4.78 is 8.51. The zero-order valence-corrected chi connectivity index (χ0v) is 14.8. The van der Waals surface area contributed by atoms with Gasteiger partial charge >= 0.3 is 0 Å². The molecule has 0 aliphatic carbocycles. The maximum absolute atomic E-state index is 10.9. The fraction of sp³-hybridized carbons (Fsp3) is 0.600. The highest BCUT2D eigenvalue weighted by molar-refractivity contribution is 8.14. The summed E-state index contributed by atoms with van der Waals surface area (Å²) in [7, 11) is 0. The molecule has 1 aliphatic rings. The van der Waals surface area contributed by atoms with Crippen LogP contribution in [0.2, 0.25) is 0 Å². The molecule has 5 nitrogen and oxygen atoms in total. The largest absolute Gasteiger partial charge is 0.322 e. The Hall–Kier alpha value is -0.810. The maximum atomic E-state index is 10.9. The summed E-state index contributed by atoms with van der Waals surface area (Å²) >= 11 is 5.98. The Kier molecular flexibility index (Phi) is 5.72. The molecule has 0 aromatic heterocycles. The lowest BCUT2D eigenvalue weighted by molar-refractivity contribution is -0.496. The number of piperidine rings is 1. The molecule has 1 aromatic carbocycles. The van der Waals surface area contributed by atoms with Gasteiger partial charge in [-0.25, -0.2) is 0 Å². The minimum atomic E-state index is -2.46. The highest BCUT2D eigenvalue weighted by atomic mass is 32.4. The van der Waals surface area contributed by atoms with E-state index in [2.05, 4.69) is 4.67 Å². The lowest BCUT2D eigenvalue weighted by Gasteiger charge is -2.40. The van der Waals surface area contributed by atoms with E-state index >= 15 is 0 Å². The first-order chi connectivity index (χ1) is 10.3. The van der Waals surface area contributed by atoms with Crippen molar-refractivity contribution in [1.29, 1.82) is 0 Å². The van der Waals surface area contributed by atoms with E-state index in [1.54, 1.807) is 13.8 Å². The van der Waals surface area contributed by atoms with Gasteiger partial charge in [-0.3, -0.25) is 14.8 Å². The average molecular weight is 342 g/mol. The van der Waals surface area contributed by atoms with Crippen molar-refractivity contribution < 1.29 is 9.45 Å². The molecule has 0 saturated carbocycles. The average Bonchev–Trinajstić information content (AvgIpc) is 2.47. The Morgan fingerprint density at radius 2 is 1.86 bits per heavy atom. The highest BCUT2D eigenvalue weighted by Crippen LogP contribution is 2.54. The normalized spacial score (nSPS) is 19.5. The minimum Gasteiger partial charge on any atom is -0.322 e. The molecule has 1 fully saturated rings. The first-order valence-corrected chi connectivity index (χ1v) is 10.2. The van der Waals surface area contributed by atoms with Crippen LogP contribution in [0.25, 0.3) is 0 Å². The molecule has 7 heteroatoms. The molecule has 0 spiro atoms. The molecule has 0 radical (unpaired) electrons. The van der Waals surface area contributed by atoms with E-state index < -0.39 is 12.0 Å². The summed E-state index contributed by atoms with van der Waals surface area (Å²) in [6.45, 7) is 5.07. The van der Waals surface area contributed by atoms with Crippen molar-refractivity contribution in [3.63, 3.8) is 0 Å². The molecule has 0 bridgehead atoms. The number of hydrogen-bond acceptors (Lipinski definition) is 4. The fourth-order valence-electron chi connectivity index (χ4n) is 2.71. The second-order valence-corrected chi connectivity index (χ2v) is 10.0. The molecule has 1 heterocycles. The van der Waals surface area contributed by atoms with Gasteiger partial charge in [-0.2, -0.15) is 0 Å². The van der Waals surface area contributed by atoms with Crippen molar-refractivity contribution in [2.45, 2.75) is 38.7 Å². The van der Waals surface area contributed by atoms with Crippen molar-refractivity contribution in [3.8, 4) is 0 Å². The van der Waals surface area contributed by atoms with Crippen molar-refractivity contribution in [2.24, 2.45) is 0 Å². The van der Waals surface area contributed by atoms with Gasteiger partial charge in [0.1, 0.15) is 5.60 Å². The Bertz CT molecular complexity index is 559. The van der Waals surface area contributed by atoms with E-state index in [9.17, 15) is 10.1 Å². The van der Waals surface area contributed by atoms with Gasteiger partial charge in [0.2, 0.25) is 6.54 Å². The molecule has 22 heavy (non-hydrogen) atoms. The summed E-state index contributed by atoms with van der Waals surface area (Å²) in [5.74, 6) is 0. The van der Waals surface area contributed by atoms with E-state index in [-0.39, 0.29) is 11.5 Å². The van der Waals surface area contributed by atoms with Gasteiger partial charge in [0.25, 0.3) is 0 Å². The zero-order chi connectivity index (χ0) is 16.2. The first kappa shape index (κ1) is 17.5. The predicted molar refractivity (Wildman–Crippen MR) is 92.8 cm³/mol. The van der Waals surface area contributed by atoms with Crippen LogP contribution >= 0.6 is 6.42 Å². The van der Waals surface area contributed by atoms with Gasteiger partial charge in [0.15, 0.2) is 6.42 Å². The van der Waals surface area contributed by atoms with Gasteiger partial charge in [-0.1, -0.05) is 36.8 Å². The Balaban J connectivity index is 2.33. The number of hydrogen-bond donors (Lipinski definition) is 0. The van der Waals surface area contributed by atoms with Crippen LogP contribution in [-0.4, -0.2) is 34.8 Å². The molecule has 0 N–H and O–H groups in total. The third-order valence-electron chi connectivity index (χ3n) is 3.67. The van der Waals surface area contributed by atoms with E-state index in [0.717, 1.165) is 31.2 Å². The molecule has 122 valence electrons. The van der Waals surface area contributed by atoms with Crippen molar-refractivity contribution in [3.05, 3.63) is 40.4 Å². The van der Waals surface area contributed by atoms with Crippen molar-refractivity contribution >= 4 is 23.5 Å². The smallest absolute Gasteiger partial charge is 0.232 e. The van der Waals surface area contributed by atoms with Crippen LogP contribution in [-0.2, 0) is 16.3 Å². The summed E-state index contributed by atoms with van der Waals surface area (Å²) in [5, 5.41) is 11.9. The molecule has 1 aromatic rings. The molecule has 1 saturated heterocycles. The second kappa shape index (κ2) is 7.18. The van der Waals surface area contributed by atoms with Gasteiger partial charge in [0.05, 0.1) is 0 Å². The second-order valence-electron chi connectivity index (χ2n) is 6.21. The van der Waals surface area contributed by atoms with Crippen LogP contribution < -0.4 is 5.30 Å². The summed E-state index contributed by atoms with van der Waals surface area (Å²) in [6, 6.07) is 9.81. The van der Waals surface area contributed by atoms with E-state index in [4.69, 9.17) is 16.3 Å². The summed E-state index contributed by atoms with van der Waals surface area (Å²) in [5.41, 5.74) is -0.883. The number of nitrogens with zero attached hydrogens (tertiary/aromatic N) is 2. The van der Waals surface area contributed by atoms with Gasteiger partial charge in [0, 0.05) is 23.3 Å². The standard InChI is InChI=1S/C15H23N2O3PS/c1-15(2,13-17(18)19)20-21(22,14-9-5-3-6-10-14)16-11-7-4-8-12-16/h3,5-6,9-10H,4,7-8,11-13H2,1-2H3.